The second-order valence-corrected chi connectivity index (χ2v) is 20.4. The van der Waals surface area contributed by atoms with Crippen molar-refractivity contribution in [2.75, 3.05) is 0 Å². The van der Waals surface area contributed by atoms with Gasteiger partial charge in [0.05, 0.1) is 25.4 Å². The Labute approximate surface area is 391 Å². The van der Waals surface area contributed by atoms with Gasteiger partial charge in [0, 0.05) is 6.10 Å². The van der Waals surface area contributed by atoms with Crippen molar-refractivity contribution in [2.24, 2.45) is 53.3 Å². The van der Waals surface area contributed by atoms with E-state index in [2.05, 4.69) is 193 Å². The maximum Gasteiger partial charge on any atom is 2.00 e. The fourth-order valence-electron chi connectivity index (χ4n) is 9.85. The quantitative estimate of drug-likeness (QED) is 0.198. The monoisotopic (exact) mass is 1000 g/mol. The molecule has 0 radical (unpaired) electrons. The van der Waals surface area contributed by atoms with Crippen molar-refractivity contribution >= 4 is 11.1 Å². The second kappa shape index (κ2) is 26.0. The molecule has 0 unspecified atom stereocenters. The topological polar surface area (TPSA) is 27.7 Å². The standard InChI is InChI=1S/2C19H28O.C19H32O.W/c2*1-12(2)17-16-10-8-7-9-15(16)11-20-19(14(5)6)18(17)13(3)4;1-13(2)17(16-11-9-8-10-12-16)18(14(3)4)19(20-7)15(5)6;/h2*7-10,12-14,19H,11H2,1-6H3;11-15,19H,7-10H2,1-6H3;/q;;-2;+2/b;;18-17-;/t3*19-;/m111./s1. The van der Waals surface area contributed by atoms with Crippen LogP contribution in [0.3, 0.4) is 0 Å². The third-order valence-corrected chi connectivity index (χ3v) is 12.3. The summed E-state index contributed by atoms with van der Waals surface area (Å²) in [4.78, 5) is 0. The van der Waals surface area contributed by atoms with Crippen molar-refractivity contribution in [2.45, 2.75) is 175 Å². The van der Waals surface area contributed by atoms with E-state index in [4.69, 9.17) is 14.2 Å². The summed E-state index contributed by atoms with van der Waals surface area (Å²) in [7, 11) is 3.73. The molecule has 0 amide bonds. The summed E-state index contributed by atoms with van der Waals surface area (Å²) >= 11 is 0. The van der Waals surface area contributed by atoms with Gasteiger partial charge >= 0.3 is 21.1 Å². The van der Waals surface area contributed by atoms with Gasteiger partial charge in [-0.1, -0.05) is 204 Å². The molecular weight excluding hydrogens is 916 g/mol. The molecule has 5 rings (SSSR count). The van der Waals surface area contributed by atoms with Crippen LogP contribution in [0.2, 0.25) is 0 Å². The maximum absolute atomic E-state index is 6.29. The molecule has 1 aliphatic carbocycles. The van der Waals surface area contributed by atoms with Crippen LogP contribution in [0, 0.1) is 66.8 Å². The number of ether oxygens (including phenoxy) is 3. The zero-order chi connectivity index (χ0) is 45.0. The molecular formula is C57H88O3W. The van der Waals surface area contributed by atoms with Crippen molar-refractivity contribution in [1.82, 2.24) is 0 Å². The molecule has 0 spiro atoms. The van der Waals surface area contributed by atoms with Crippen LogP contribution in [0.15, 0.2) is 82.5 Å². The van der Waals surface area contributed by atoms with E-state index in [1.165, 1.54) is 80.5 Å². The summed E-state index contributed by atoms with van der Waals surface area (Å²) < 4.78 is 18.2. The maximum atomic E-state index is 6.29. The predicted molar refractivity (Wildman–Crippen MR) is 261 cm³/mol. The van der Waals surface area contributed by atoms with Crippen LogP contribution >= 0.6 is 0 Å². The van der Waals surface area contributed by atoms with Gasteiger partial charge < -0.3 is 14.2 Å². The van der Waals surface area contributed by atoms with E-state index in [0.29, 0.717) is 53.3 Å². The summed E-state index contributed by atoms with van der Waals surface area (Å²) in [5, 5.41) is 0. The number of rotatable bonds is 12. The molecule has 2 aromatic carbocycles. The van der Waals surface area contributed by atoms with E-state index in [1.807, 2.05) is 0 Å². The molecule has 3 atom stereocenters. The summed E-state index contributed by atoms with van der Waals surface area (Å²) in [6.07, 6.45) is 9.08. The van der Waals surface area contributed by atoms with E-state index in [-0.39, 0.29) is 39.4 Å². The van der Waals surface area contributed by atoms with Gasteiger partial charge in [-0.3, -0.25) is 0 Å². The Morgan fingerprint density at radius 1 is 0.607 bits per heavy atom. The van der Waals surface area contributed by atoms with Crippen molar-refractivity contribution in [1.29, 1.82) is 0 Å². The first-order valence-corrected chi connectivity index (χ1v) is 23.8. The van der Waals surface area contributed by atoms with Gasteiger partial charge in [0.2, 0.25) is 0 Å². The smallest absolute Gasteiger partial charge is 0.550 e. The first kappa shape index (κ1) is 55.0. The van der Waals surface area contributed by atoms with E-state index in [0.717, 1.165) is 13.2 Å². The van der Waals surface area contributed by atoms with Crippen LogP contribution in [0.5, 0.6) is 0 Å². The van der Waals surface area contributed by atoms with Crippen LogP contribution in [-0.4, -0.2) is 18.3 Å². The number of hydrogen-bond donors (Lipinski definition) is 0. The van der Waals surface area contributed by atoms with Crippen molar-refractivity contribution < 1.29 is 35.3 Å². The van der Waals surface area contributed by atoms with Crippen molar-refractivity contribution in [3.05, 3.63) is 118 Å². The number of benzene rings is 2. The minimum Gasteiger partial charge on any atom is -0.550 e. The van der Waals surface area contributed by atoms with Gasteiger partial charge in [-0.25, -0.2) is 7.11 Å². The van der Waals surface area contributed by atoms with Crippen molar-refractivity contribution in [3.63, 3.8) is 0 Å². The Kier molecular flexibility index (Phi) is 23.4. The van der Waals surface area contributed by atoms with E-state index in [9.17, 15) is 0 Å². The summed E-state index contributed by atoms with van der Waals surface area (Å²) in [5.41, 5.74) is 15.8. The molecule has 340 valence electrons. The Morgan fingerprint density at radius 3 is 1.33 bits per heavy atom. The minimum atomic E-state index is 0. The second-order valence-electron chi connectivity index (χ2n) is 20.4. The third kappa shape index (κ3) is 14.4. The molecule has 4 heteroatoms. The number of hydrogen-bond acceptors (Lipinski definition) is 3. The fraction of sp³-hybridized carbons (Fsp3) is 0.614. The van der Waals surface area contributed by atoms with Crippen LogP contribution in [0.25, 0.3) is 11.1 Å². The van der Waals surface area contributed by atoms with Gasteiger partial charge in [-0.05, 0) is 91.9 Å². The molecule has 0 saturated heterocycles. The normalized spacial score (nSPS) is 19.2. The van der Waals surface area contributed by atoms with Crippen LogP contribution < -0.4 is 0 Å². The van der Waals surface area contributed by atoms with Gasteiger partial charge in [-0.15, -0.1) is 5.57 Å². The average molecular weight is 1010 g/mol. The van der Waals surface area contributed by atoms with Gasteiger partial charge in [-0.2, -0.15) is 18.1 Å². The van der Waals surface area contributed by atoms with Gasteiger partial charge in [0.15, 0.2) is 0 Å². The average Bonchev–Trinajstić information content (AvgIpc) is 3.48. The molecule has 61 heavy (non-hydrogen) atoms. The van der Waals surface area contributed by atoms with E-state index < -0.39 is 0 Å². The fourth-order valence-corrected chi connectivity index (χ4v) is 9.85. The zero-order valence-corrected chi connectivity index (χ0v) is 45.0. The molecule has 3 nitrogen and oxygen atoms in total. The number of allylic oxidation sites excluding steroid dienone is 5. The van der Waals surface area contributed by atoms with Crippen LogP contribution in [-0.2, 0) is 48.5 Å². The molecule has 0 bridgehead atoms. The zero-order valence-electron chi connectivity index (χ0n) is 42.1. The molecule has 0 fully saturated rings. The Hall–Kier alpha value is -2.16. The minimum absolute atomic E-state index is 0. The summed E-state index contributed by atoms with van der Waals surface area (Å²) in [6, 6.07) is 17.5. The first-order chi connectivity index (χ1) is 28.3. The Morgan fingerprint density at radius 2 is 1.03 bits per heavy atom. The molecule has 0 N–H and O–H groups in total. The molecule has 0 aromatic heterocycles. The molecule has 0 saturated carbocycles. The largest absolute Gasteiger partial charge is 2.00 e. The van der Waals surface area contributed by atoms with E-state index >= 15 is 0 Å². The predicted octanol–water partition coefficient (Wildman–Crippen LogP) is 16.4. The molecule has 3 aliphatic rings. The third-order valence-electron chi connectivity index (χ3n) is 12.3. The Balaban J connectivity index is 0.000000313. The van der Waals surface area contributed by atoms with Gasteiger partial charge in [0.25, 0.3) is 0 Å². The van der Waals surface area contributed by atoms with E-state index in [1.54, 1.807) is 0 Å². The molecule has 2 heterocycles. The first-order valence-electron chi connectivity index (χ1n) is 23.8. The SMILES string of the molecule is CC(C)C1=C(C(C)C)[C@@H](C(C)C)OCc2ccccc21.CC(C)C1=C(C(C)C)[C@@H](C(C)C)OCc2ccccc21.[CH2-]O[C@@H](/C(=C(\C1=CCCC[CH-]1)C(C)C)C(C)C)C(C)C.[W+2]. The van der Waals surface area contributed by atoms with Crippen LogP contribution in [0.4, 0.5) is 0 Å². The Bertz CT molecular complexity index is 1670. The molecule has 2 aliphatic heterocycles. The van der Waals surface area contributed by atoms with Crippen molar-refractivity contribution in [3.8, 4) is 0 Å². The summed E-state index contributed by atoms with van der Waals surface area (Å²) in [6.45, 7) is 42.5. The summed E-state index contributed by atoms with van der Waals surface area (Å²) in [5.74, 6) is 4.56. The van der Waals surface area contributed by atoms with Crippen LogP contribution in [0.1, 0.15) is 166 Å². The molecule has 2 aromatic rings. The number of fused-ring (bicyclic) bond motifs is 2. The van der Waals surface area contributed by atoms with Gasteiger partial charge in [0.1, 0.15) is 0 Å².